The third-order valence-electron chi connectivity index (χ3n) is 3.59. The molecule has 0 N–H and O–H groups in total. The molecule has 0 amide bonds. The molecule has 0 spiro atoms. The molecule has 0 rings (SSSR count). The molecule has 1 atom stereocenters. The van der Waals surface area contributed by atoms with Gasteiger partial charge in [0.05, 0.1) is 0 Å². The summed E-state index contributed by atoms with van der Waals surface area (Å²) in [5.41, 5.74) is 1.61. The SMILES string of the molecule is C=C(C)C(=C)CCCCC(=C)C(C)(F)C(C)C. The van der Waals surface area contributed by atoms with E-state index in [9.17, 15) is 4.39 Å². The second-order valence-electron chi connectivity index (χ2n) is 5.42. The molecule has 0 saturated heterocycles. The lowest BCUT2D eigenvalue weighted by Crippen LogP contribution is -2.27. The first-order chi connectivity index (χ1) is 7.69. The molecule has 1 unspecified atom stereocenters. The van der Waals surface area contributed by atoms with Crippen LogP contribution in [0.25, 0.3) is 0 Å². The Labute approximate surface area is 106 Å². The van der Waals surface area contributed by atoms with Crippen molar-refractivity contribution in [3.63, 3.8) is 0 Å². The maximum absolute atomic E-state index is 14.2. The van der Waals surface area contributed by atoms with Gasteiger partial charge in [-0.3, -0.25) is 0 Å². The van der Waals surface area contributed by atoms with Crippen LogP contribution in [-0.4, -0.2) is 5.67 Å². The molecule has 0 aromatic heterocycles. The Morgan fingerprint density at radius 1 is 1.12 bits per heavy atom. The summed E-state index contributed by atoms with van der Waals surface area (Å²) in [7, 11) is 0. The maximum Gasteiger partial charge on any atom is 0.131 e. The molecular weight excluding hydrogens is 211 g/mol. The van der Waals surface area contributed by atoms with E-state index in [0.717, 1.165) is 36.8 Å². The number of rotatable bonds is 8. The molecule has 17 heavy (non-hydrogen) atoms. The molecule has 0 aromatic carbocycles. The Hall–Kier alpha value is -0.850. The summed E-state index contributed by atoms with van der Waals surface area (Å²) in [6, 6.07) is 0. The molecule has 0 radical (unpaired) electrons. The molecular formula is C16H27F. The number of halogens is 1. The van der Waals surface area contributed by atoms with Crippen molar-refractivity contribution in [3.8, 4) is 0 Å². The molecule has 0 aromatic rings. The summed E-state index contributed by atoms with van der Waals surface area (Å²) in [6.45, 7) is 19.1. The molecule has 0 aliphatic rings. The van der Waals surface area contributed by atoms with Crippen LogP contribution in [-0.2, 0) is 0 Å². The largest absolute Gasteiger partial charge is 0.239 e. The maximum atomic E-state index is 14.2. The lowest BCUT2D eigenvalue weighted by molar-refractivity contribution is 0.163. The zero-order chi connectivity index (χ0) is 13.6. The number of allylic oxidation sites excluding steroid dienone is 3. The highest BCUT2D eigenvalue weighted by molar-refractivity contribution is 5.22. The standard InChI is InChI=1S/C16H27F/c1-12(2)14(5)10-8-9-11-15(6)16(7,17)13(3)4/h13H,1,5-6,8-11H2,2-4,7H3. The molecule has 1 heteroatoms. The zero-order valence-electron chi connectivity index (χ0n) is 11.9. The fraction of sp³-hybridized carbons (Fsp3) is 0.625. The normalized spacial score (nSPS) is 14.5. The van der Waals surface area contributed by atoms with Crippen molar-refractivity contribution in [2.24, 2.45) is 5.92 Å². The highest BCUT2D eigenvalue weighted by Gasteiger charge is 2.30. The quantitative estimate of drug-likeness (QED) is 0.292. The monoisotopic (exact) mass is 238 g/mol. The molecule has 0 saturated carbocycles. The molecule has 0 nitrogen and oxygen atoms in total. The smallest absolute Gasteiger partial charge is 0.131 e. The van der Waals surface area contributed by atoms with Crippen LogP contribution in [0.1, 0.15) is 53.4 Å². The second-order valence-corrected chi connectivity index (χ2v) is 5.42. The van der Waals surface area contributed by atoms with Crippen LogP contribution in [0.4, 0.5) is 4.39 Å². The highest BCUT2D eigenvalue weighted by atomic mass is 19.1. The lowest BCUT2D eigenvalue weighted by atomic mass is 9.85. The van der Waals surface area contributed by atoms with Crippen molar-refractivity contribution in [2.45, 2.75) is 59.0 Å². The molecule has 0 aliphatic heterocycles. The Morgan fingerprint density at radius 3 is 2.00 bits per heavy atom. The van der Waals surface area contributed by atoms with Crippen molar-refractivity contribution < 1.29 is 4.39 Å². The van der Waals surface area contributed by atoms with Gasteiger partial charge < -0.3 is 0 Å². The van der Waals surface area contributed by atoms with Gasteiger partial charge in [-0.25, -0.2) is 4.39 Å². The minimum Gasteiger partial charge on any atom is -0.239 e. The Balaban J connectivity index is 3.95. The van der Waals surface area contributed by atoms with Gasteiger partial charge in [-0.1, -0.05) is 44.7 Å². The van der Waals surface area contributed by atoms with Crippen molar-refractivity contribution >= 4 is 0 Å². The zero-order valence-corrected chi connectivity index (χ0v) is 11.9. The third kappa shape index (κ3) is 5.34. The van der Waals surface area contributed by atoms with E-state index in [-0.39, 0.29) is 5.92 Å². The Morgan fingerprint density at radius 2 is 1.59 bits per heavy atom. The Bertz CT molecular complexity index is 295. The Kier molecular flexibility index (Phi) is 6.44. The van der Waals surface area contributed by atoms with Crippen molar-refractivity contribution in [1.29, 1.82) is 0 Å². The first-order valence-electron chi connectivity index (χ1n) is 6.40. The molecule has 98 valence electrons. The average molecular weight is 238 g/mol. The number of hydrogen-bond donors (Lipinski definition) is 0. The van der Waals surface area contributed by atoms with Crippen LogP contribution in [0.3, 0.4) is 0 Å². The van der Waals surface area contributed by atoms with Crippen molar-refractivity contribution in [1.82, 2.24) is 0 Å². The number of unbranched alkanes of at least 4 members (excludes halogenated alkanes) is 1. The van der Waals surface area contributed by atoms with E-state index in [1.807, 2.05) is 20.8 Å². The summed E-state index contributed by atoms with van der Waals surface area (Å²) in [5, 5.41) is 0. The minimum atomic E-state index is -1.24. The first kappa shape index (κ1) is 16.1. The van der Waals surface area contributed by atoms with Crippen LogP contribution in [0, 0.1) is 5.92 Å². The minimum absolute atomic E-state index is 0.0135. The molecule has 0 bridgehead atoms. The van der Waals surface area contributed by atoms with Crippen LogP contribution < -0.4 is 0 Å². The number of hydrogen-bond acceptors (Lipinski definition) is 0. The second kappa shape index (κ2) is 6.78. The summed E-state index contributed by atoms with van der Waals surface area (Å²) < 4.78 is 14.2. The predicted octanol–water partition coefficient (Wildman–Crippen LogP) is 5.62. The molecule has 0 heterocycles. The fourth-order valence-corrected chi connectivity index (χ4v) is 1.54. The van der Waals surface area contributed by atoms with E-state index in [4.69, 9.17) is 0 Å². The molecule has 0 fully saturated rings. The highest BCUT2D eigenvalue weighted by Crippen LogP contribution is 2.32. The average Bonchev–Trinajstić information content (AvgIpc) is 2.22. The van der Waals surface area contributed by atoms with Crippen LogP contribution in [0.2, 0.25) is 0 Å². The predicted molar refractivity (Wildman–Crippen MR) is 75.9 cm³/mol. The lowest BCUT2D eigenvalue weighted by Gasteiger charge is -2.27. The first-order valence-corrected chi connectivity index (χ1v) is 6.40. The van der Waals surface area contributed by atoms with Gasteiger partial charge >= 0.3 is 0 Å². The van der Waals surface area contributed by atoms with Gasteiger partial charge in [0, 0.05) is 0 Å². The van der Waals surface area contributed by atoms with E-state index in [0.29, 0.717) is 5.57 Å². The summed E-state index contributed by atoms with van der Waals surface area (Å²) in [5.74, 6) is -0.0135. The van der Waals surface area contributed by atoms with Crippen LogP contribution in [0.5, 0.6) is 0 Å². The van der Waals surface area contributed by atoms with Crippen LogP contribution in [0.15, 0.2) is 36.5 Å². The topological polar surface area (TPSA) is 0 Å². The fourth-order valence-electron chi connectivity index (χ4n) is 1.54. The van der Waals surface area contributed by atoms with Crippen molar-refractivity contribution in [3.05, 3.63) is 36.5 Å². The summed E-state index contributed by atoms with van der Waals surface area (Å²) in [4.78, 5) is 0. The third-order valence-corrected chi connectivity index (χ3v) is 3.59. The van der Waals surface area contributed by atoms with Gasteiger partial charge in [0.1, 0.15) is 5.67 Å². The van der Waals surface area contributed by atoms with E-state index in [1.165, 1.54) is 0 Å². The van der Waals surface area contributed by atoms with Gasteiger partial charge in [0.25, 0.3) is 0 Å². The van der Waals surface area contributed by atoms with Gasteiger partial charge in [0.15, 0.2) is 0 Å². The summed E-state index contributed by atoms with van der Waals surface area (Å²) >= 11 is 0. The summed E-state index contributed by atoms with van der Waals surface area (Å²) in [6.07, 6.45) is 3.71. The van der Waals surface area contributed by atoms with E-state index in [2.05, 4.69) is 19.7 Å². The van der Waals surface area contributed by atoms with E-state index in [1.54, 1.807) is 6.92 Å². The van der Waals surface area contributed by atoms with Crippen LogP contribution >= 0.6 is 0 Å². The molecule has 0 aliphatic carbocycles. The van der Waals surface area contributed by atoms with E-state index >= 15 is 0 Å². The van der Waals surface area contributed by atoms with Crippen molar-refractivity contribution in [2.75, 3.05) is 0 Å². The van der Waals surface area contributed by atoms with Gasteiger partial charge in [-0.2, -0.15) is 0 Å². The van der Waals surface area contributed by atoms with Gasteiger partial charge in [-0.15, -0.1) is 0 Å². The van der Waals surface area contributed by atoms with Gasteiger partial charge in [0.2, 0.25) is 0 Å². The van der Waals surface area contributed by atoms with E-state index < -0.39 is 5.67 Å². The van der Waals surface area contributed by atoms with Gasteiger partial charge in [-0.05, 0) is 51.0 Å². The number of alkyl halides is 1.